The lowest BCUT2D eigenvalue weighted by Gasteiger charge is -2.39. The van der Waals surface area contributed by atoms with Crippen molar-refractivity contribution in [1.29, 1.82) is 0 Å². The van der Waals surface area contributed by atoms with Crippen LogP contribution in [-0.4, -0.2) is 68.6 Å². The Labute approximate surface area is 145 Å². The predicted molar refractivity (Wildman–Crippen MR) is 86.6 cm³/mol. The summed E-state index contributed by atoms with van der Waals surface area (Å²) in [7, 11) is 0. The molecular formula is C17H22N4O4. The van der Waals surface area contributed by atoms with E-state index < -0.39 is 12.0 Å². The van der Waals surface area contributed by atoms with Crippen LogP contribution in [0, 0.1) is 11.3 Å². The van der Waals surface area contributed by atoms with E-state index >= 15 is 0 Å². The van der Waals surface area contributed by atoms with Crippen LogP contribution in [0.5, 0.6) is 0 Å². The number of aromatic amines is 1. The quantitative estimate of drug-likeness (QED) is 0.839. The van der Waals surface area contributed by atoms with Crippen LogP contribution < -0.4 is 0 Å². The number of piperidine rings is 1. The fraction of sp³-hybridized carbons (Fsp3) is 0.647. The summed E-state index contributed by atoms with van der Waals surface area (Å²) in [6.45, 7) is 1.66. The number of rotatable bonds is 3. The van der Waals surface area contributed by atoms with Gasteiger partial charge in [-0.3, -0.25) is 14.7 Å². The van der Waals surface area contributed by atoms with E-state index in [-0.39, 0.29) is 23.1 Å². The molecule has 3 fully saturated rings. The van der Waals surface area contributed by atoms with Gasteiger partial charge in [-0.2, -0.15) is 5.10 Å². The van der Waals surface area contributed by atoms with Gasteiger partial charge in [-0.1, -0.05) is 0 Å². The average Bonchev–Trinajstić information content (AvgIpc) is 3.17. The van der Waals surface area contributed by atoms with Crippen molar-refractivity contribution >= 4 is 17.8 Å². The molecule has 0 bridgehead atoms. The summed E-state index contributed by atoms with van der Waals surface area (Å²) < 4.78 is 0. The van der Waals surface area contributed by atoms with Gasteiger partial charge in [-0.25, -0.2) is 4.79 Å². The zero-order valence-electron chi connectivity index (χ0n) is 14.0. The summed E-state index contributed by atoms with van der Waals surface area (Å²) >= 11 is 0. The van der Waals surface area contributed by atoms with Gasteiger partial charge >= 0.3 is 5.97 Å². The lowest BCUT2D eigenvalue weighted by Crippen LogP contribution is -2.45. The number of nitrogens with one attached hydrogen (secondary N) is 1. The number of hydrogen-bond donors (Lipinski definition) is 2. The van der Waals surface area contributed by atoms with Crippen LogP contribution in [0.2, 0.25) is 0 Å². The first-order valence-electron chi connectivity index (χ1n) is 8.81. The van der Waals surface area contributed by atoms with Crippen molar-refractivity contribution in [3.05, 3.63) is 18.0 Å². The molecule has 1 aromatic rings. The second-order valence-electron chi connectivity index (χ2n) is 7.56. The highest BCUT2D eigenvalue weighted by molar-refractivity contribution is 5.92. The number of aliphatic carboxylic acids is 1. The zero-order valence-corrected chi connectivity index (χ0v) is 14.0. The number of carbonyl (C=O) groups is 3. The number of likely N-dealkylation sites (tertiary alicyclic amines) is 2. The van der Waals surface area contributed by atoms with Crippen molar-refractivity contribution in [2.24, 2.45) is 11.3 Å². The predicted octanol–water partition coefficient (Wildman–Crippen LogP) is 0.728. The van der Waals surface area contributed by atoms with Gasteiger partial charge < -0.3 is 14.9 Å². The van der Waals surface area contributed by atoms with Gasteiger partial charge in [0.15, 0.2) is 0 Å². The number of aromatic nitrogens is 2. The average molecular weight is 346 g/mol. The van der Waals surface area contributed by atoms with Gasteiger partial charge in [-0.15, -0.1) is 0 Å². The summed E-state index contributed by atoms with van der Waals surface area (Å²) in [4.78, 5) is 39.9. The van der Waals surface area contributed by atoms with Gasteiger partial charge in [-0.05, 0) is 43.6 Å². The molecule has 2 aliphatic heterocycles. The Balaban J connectivity index is 1.44. The maximum Gasteiger partial charge on any atom is 0.326 e. The molecule has 2 amide bonds. The van der Waals surface area contributed by atoms with E-state index in [9.17, 15) is 19.5 Å². The summed E-state index contributed by atoms with van der Waals surface area (Å²) in [5.41, 5.74) is 0.287. The largest absolute Gasteiger partial charge is 0.480 e. The molecule has 1 aromatic heterocycles. The molecule has 8 nitrogen and oxygen atoms in total. The fourth-order valence-electron chi connectivity index (χ4n) is 4.17. The Hall–Kier alpha value is -2.38. The number of carboxylic acids is 1. The molecule has 2 saturated heterocycles. The molecule has 25 heavy (non-hydrogen) atoms. The second kappa shape index (κ2) is 5.86. The molecule has 134 valence electrons. The minimum Gasteiger partial charge on any atom is -0.480 e. The van der Waals surface area contributed by atoms with Gasteiger partial charge in [0.2, 0.25) is 5.91 Å². The van der Waals surface area contributed by atoms with Crippen LogP contribution in [0.3, 0.4) is 0 Å². The highest BCUT2D eigenvalue weighted by atomic mass is 16.4. The fourth-order valence-corrected chi connectivity index (χ4v) is 4.17. The van der Waals surface area contributed by atoms with Crippen molar-refractivity contribution in [3.8, 4) is 0 Å². The van der Waals surface area contributed by atoms with E-state index in [4.69, 9.17) is 0 Å². The zero-order chi connectivity index (χ0) is 17.6. The number of nitrogens with zero attached hydrogens (tertiary/aromatic N) is 3. The number of carboxylic acid groups (broad SMARTS) is 1. The number of hydrogen-bond acceptors (Lipinski definition) is 4. The van der Waals surface area contributed by atoms with Crippen molar-refractivity contribution in [3.63, 3.8) is 0 Å². The lowest BCUT2D eigenvalue weighted by atomic mass is 9.76. The van der Waals surface area contributed by atoms with Crippen LogP contribution in [0.15, 0.2) is 12.3 Å². The number of H-pyrrole nitrogens is 1. The maximum absolute atomic E-state index is 12.5. The molecule has 0 aromatic carbocycles. The molecule has 3 heterocycles. The Morgan fingerprint density at radius 3 is 2.52 bits per heavy atom. The molecule has 0 unspecified atom stereocenters. The third-order valence-electron chi connectivity index (χ3n) is 5.85. The Morgan fingerprint density at radius 2 is 1.96 bits per heavy atom. The summed E-state index contributed by atoms with van der Waals surface area (Å²) in [6.07, 6.45) is 5.25. The van der Waals surface area contributed by atoms with Crippen LogP contribution >= 0.6 is 0 Å². The first-order valence-corrected chi connectivity index (χ1v) is 8.81. The molecule has 1 saturated carbocycles. The Bertz CT molecular complexity index is 690. The standard InChI is InChI=1S/C17H22N4O4/c22-14(11-1-2-11)21-10-17(9-13(21)16(24)25)4-7-20(8-5-17)15(23)12-3-6-18-19-12/h3,6,11,13H,1-2,4-5,7-10H2,(H,18,19)(H,24,25)/t13-/m0/s1. The normalized spacial score (nSPS) is 25.4. The topological polar surface area (TPSA) is 107 Å². The van der Waals surface area contributed by atoms with E-state index in [2.05, 4.69) is 10.2 Å². The van der Waals surface area contributed by atoms with Gasteiger partial charge in [0, 0.05) is 31.7 Å². The Kier molecular flexibility index (Phi) is 3.77. The van der Waals surface area contributed by atoms with Crippen molar-refractivity contribution in [2.45, 2.75) is 38.1 Å². The molecule has 2 N–H and O–H groups in total. The van der Waals surface area contributed by atoms with E-state index in [0.717, 1.165) is 25.7 Å². The van der Waals surface area contributed by atoms with Crippen molar-refractivity contribution in [1.82, 2.24) is 20.0 Å². The Morgan fingerprint density at radius 1 is 1.24 bits per heavy atom. The second-order valence-corrected chi connectivity index (χ2v) is 7.56. The first kappa shape index (κ1) is 16.1. The SMILES string of the molecule is O=C(O)[C@@H]1CC2(CCN(C(=O)c3ccn[nH]3)CC2)CN1C(=O)C1CC1. The van der Waals surface area contributed by atoms with Crippen LogP contribution in [0.25, 0.3) is 0 Å². The monoisotopic (exact) mass is 346 g/mol. The van der Waals surface area contributed by atoms with E-state index in [0.29, 0.717) is 31.7 Å². The smallest absolute Gasteiger partial charge is 0.326 e. The van der Waals surface area contributed by atoms with Gasteiger partial charge in [0.25, 0.3) is 5.91 Å². The first-order chi connectivity index (χ1) is 12.0. The molecule has 1 aliphatic carbocycles. The summed E-state index contributed by atoms with van der Waals surface area (Å²) in [5.74, 6) is -0.966. The van der Waals surface area contributed by atoms with Crippen LogP contribution in [-0.2, 0) is 9.59 Å². The van der Waals surface area contributed by atoms with Crippen LogP contribution in [0.4, 0.5) is 0 Å². The molecule has 3 aliphatic rings. The molecule has 8 heteroatoms. The van der Waals surface area contributed by atoms with Crippen LogP contribution in [0.1, 0.15) is 42.6 Å². The summed E-state index contributed by atoms with van der Waals surface area (Å²) in [5, 5.41) is 16.0. The van der Waals surface area contributed by atoms with Crippen molar-refractivity contribution in [2.75, 3.05) is 19.6 Å². The number of amides is 2. The maximum atomic E-state index is 12.5. The molecule has 0 radical (unpaired) electrons. The molecule has 1 atom stereocenters. The minimum atomic E-state index is -0.915. The molecule has 4 rings (SSSR count). The highest BCUT2D eigenvalue weighted by Gasteiger charge is 2.52. The number of carbonyl (C=O) groups excluding carboxylic acids is 2. The highest BCUT2D eigenvalue weighted by Crippen LogP contribution is 2.45. The lowest BCUT2D eigenvalue weighted by molar-refractivity contribution is -0.148. The van der Waals surface area contributed by atoms with Gasteiger partial charge in [0.1, 0.15) is 11.7 Å². The van der Waals surface area contributed by atoms with Crippen molar-refractivity contribution < 1.29 is 19.5 Å². The van der Waals surface area contributed by atoms with E-state index in [1.54, 1.807) is 22.1 Å². The summed E-state index contributed by atoms with van der Waals surface area (Å²) in [6, 6.07) is 0.932. The van der Waals surface area contributed by atoms with E-state index in [1.807, 2.05) is 0 Å². The van der Waals surface area contributed by atoms with E-state index in [1.165, 1.54) is 0 Å². The third-order valence-corrected chi connectivity index (χ3v) is 5.85. The molecular weight excluding hydrogens is 324 g/mol. The minimum absolute atomic E-state index is 0.000223. The third kappa shape index (κ3) is 2.89. The van der Waals surface area contributed by atoms with Gasteiger partial charge in [0.05, 0.1) is 0 Å². The molecule has 1 spiro atoms.